The third kappa shape index (κ3) is 5.42. The van der Waals surface area contributed by atoms with E-state index in [1.807, 2.05) is 89.8 Å². The van der Waals surface area contributed by atoms with Gasteiger partial charge < -0.3 is 15.3 Å². The highest BCUT2D eigenvalue weighted by atomic mass is 16.3. The van der Waals surface area contributed by atoms with Gasteiger partial charge in [-0.2, -0.15) is 0 Å². The van der Waals surface area contributed by atoms with Gasteiger partial charge in [0.25, 0.3) is 0 Å². The Labute approximate surface area is 188 Å². The van der Waals surface area contributed by atoms with Crippen LogP contribution < -0.4 is 5.32 Å². The highest BCUT2D eigenvalue weighted by molar-refractivity contribution is 5.98. The topological polar surface area (TPSA) is 69.6 Å². The number of hydrogen-bond acceptors (Lipinski definition) is 3. The summed E-state index contributed by atoms with van der Waals surface area (Å²) < 4.78 is 0. The predicted molar refractivity (Wildman–Crippen MR) is 125 cm³/mol. The van der Waals surface area contributed by atoms with Gasteiger partial charge in [-0.15, -0.1) is 0 Å². The summed E-state index contributed by atoms with van der Waals surface area (Å²) in [5.74, 6) is -0.437. The molecule has 1 fully saturated rings. The standard InChI is InChI=1S/C27H28N2O3/c30-24-15-17-29(18-16-24)25(31)19-20-11-13-23(14-12-20)28-27(32)26(21-7-3-1-4-8-21)22-9-5-2-6-10-22/h1-14,24,26,30H,15-19H2,(H,28,32). The Morgan fingerprint density at radius 2 is 1.38 bits per heavy atom. The van der Waals surface area contributed by atoms with Gasteiger partial charge in [-0.25, -0.2) is 0 Å². The molecule has 0 radical (unpaired) electrons. The van der Waals surface area contributed by atoms with E-state index >= 15 is 0 Å². The van der Waals surface area contributed by atoms with Gasteiger partial charge in [0.1, 0.15) is 0 Å². The summed E-state index contributed by atoms with van der Waals surface area (Å²) in [4.78, 5) is 27.5. The molecular formula is C27H28N2O3. The van der Waals surface area contributed by atoms with Gasteiger partial charge in [-0.05, 0) is 41.7 Å². The molecule has 164 valence electrons. The minimum atomic E-state index is -0.409. The summed E-state index contributed by atoms with van der Waals surface area (Å²) >= 11 is 0. The van der Waals surface area contributed by atoms with Crippen LogP contribution in [0.1, 0.15) is 35.4 Å². The second kappa shape index (κ2) is 10.2. The van der Waals surface area contributed by atoms with Crippen molar-refractivity contribution in [2.45, 2.75) is 31.3 Å². The van der Waals surface area contributed by atoms with E-state index in [0.717, 1.165) is 16.7 Å². The third-order valence-electron chi connectivity index (χ3n) is 5.92. The average Bonchev–Trinajstić information content (AvgIpc) is 2.82. The van der Waals surface area contributed by atoms with E-state index in [2.05, 4.69) is 5.32 Å². The first-order chi connectivity index (χ1) is 15.6. The molecule has 32 heavy (non-hydrogen) atoms. The predicted octanol–water partition coefficient (Wildman–Crippen LogP) is 3.98. The molecule has 0 saturated carbocycles. The highest BCUT2D eigenvalue weighted by Crippen LogP contribution is 2.26. The molecule has 2 amide bonds. The highest BCUT2D eigenvalue weighted by Gasteiger charge is 2.23. The number of hydrogen-bond donors (Lipinski definition) is 2. The molecule has 0 spiro atoms. The van der Waals surface area contributed by atoms with Crippen molar-refractivity contribution in [2.75, 3.05) is 18.4 Å². The first-order valence-corrected chi connectivity index (χ1v) is 11.1. The van der Waals surface area contributed by atoms with E-state index in [-0.39, 0.29) is 17.9 Å². The largest absolute Gasteiger partial charge is 0.393 e. The van der Waals surface area contributed by atoms with Gasteiger partial charge in [0.15, 0.2) is 0 Å². The molecule has 5 heteroatoms. The molecule has 0 bridgehead atoms. The van der Waals surface area contributed by atoms with Gasteiger partial charge in [0.2, 0.25) is 11.8 Å². The quantitative estimate of drug-likeness (QED) is 0.624. The van der Waals surface area contributed by atoms with Gasteiger partial charge in [0, 0.05) is 18.8 Å². The first kappa shape index (κ1) is 21.8. The molecule has 0 atom stereocenters. The molecule has 1 aliphatic heterocycles. The van der Waals surface area contributed by atoms with Crippen molar-refractivity contribution in [1.82, 2.24) is 4.90 Å². The number of likely N-dealkylation sites (tertiary alicyclic amines) is 1. The van der Waals surface area contributed by atoms with Crippen LogP contribution in [-0.4, -0.2) is 41.0 Å². The van der Waals surface area contributed by atoms with Crippen molar-refractivity contribution in [1.29, 1.82) is 0 Å². The Hall–Kier alpha value is -3.44. The maximum absolute atomic E-state index is 13.2. The van der Waals surface area contributed by atoms with Crippen LogP contribution in [0.25, 0.3) is 0 Å². The third-order valence-corrected chi connectivity index (χ3v) is 5.92. The minimum absolute atomic E-state index is 0.0712. The number of aliphatic hydroxyl groups is 1. The monoisotopic (exact) mass is 428 g/mol. The number of aliphatic hydroxyl groups excluding tert-OH is 1. The van der Waals surface area contributed by atoms with E-state index in [4.69, 9.17) is 0 Å². The van der Waals surface area contributed by atoms with Crippen LogP contribution >= 0.6 is 0 Å². The average molecular weight is 429 g/mol. The minimum Gasteiger partial charge on any atom is -0.393 e. The lowest BCUT2D eigenvalue weighted by atomic mass is 9.90. The van der Waals surface area contributed by atoms with Crippen LogP contribution in [0.4, 0.5) is 5.69 Å². The number of amides is 2. The first-order valence-electron chi connectivity index (χ1n) is 11.1. The second-order valence-corrected chi connectivity index (χ2v) is 8.23. The van der Waals surface area contributed by atoms with Crippen LogP contribution in [-0.2, 0) is 16.0 Å². The lowest BCUT2D eigenvalue weighted by molar-refractivity contribution is -0.132. The fraction of sp³-hybridized carbons (Fsp3) is 0.259. The number of nitrogens with one attached hydrogen (secondary N) is 1. The molecule has 3 aromatic carbocycles. The number of anilines is 1. The van der Waals surface area contributed by atoms with E-state index in [1.54, 1.807) is 0 Å². The molecule has 1 aliphatic rings. The molecule has 5 nitrogen and oxygen atoms in total. The Morgan fingerprint density at radius 3 is 1.91 bits per heavy atom. The van der Waals surface area contributed by atoms with Crippen molar-refractivity contribution in [3.05, 3.63) is 102 Å². The van der Waals surface area contributed by atoms with E-state index in [1.165, 1.54) is 0 Å². The second-order valence-electron chi connectivity index (χ2n) is 8.23. The maximum Gasteiger partial charge on any atom is 0.236 e. The van der Waals surface area contributed by atoms with E-state index in [9.17, 15) is 14.7 Å². The van der Waals surface area contributed by atoms with Crippen LogP contribution in [0.5, 0.6) is 0 Å². The lowest BCUT2D eigenvalue weighted by Gasteiger charge is -2.29. The summed E-state index contributed by atoms with van der Waals surface area (Å²) in [6, 6.07) is 26.9. The molecular weight excluding hydrogens is 400 g/mol. The normalized spacial score (nSPS) is 14.4. The zero-order valence-corrected chi connectivity index (χ0v) is 18.0. The number of carbonyl (C=O) groups is 2. The molecule has 2 N–H and O–H groups in total. The van der Waals surface area contributed by atoms with Gasteiger partial charge in [-0.3, -0.25) is 9.59 Å². The summed E-state index contributed by atoms with van der Waals surface area (Å²) in [5.41, 5.74) is 3.47. The molecule has 0 aliphatic carbocycles. The SMILES string of the molecule is O=C(Nc1ccc(CC(=O)N2CCC(O)CC2)cc1)C(c1ccccc1)c1ccccc1. The fourth-order valence-electron chi connectivity index (χ4n) is 4.11. The zero-order valence-electron chi connectivity index (χ0n) is 18.0. The number of carbonyl (C=O) groups excluding carboxylic acids is 2. The lowest BCUT2D eigenvalue weighted by Crippen LogP contribution is -2.40. The Kier molecular flexibility index (Phi) is 6.97. The van der Waals surface area contributed by atoms with Crippen molar-refractivity contribution in [2.24, 2.45) is 0 Å². The summed E-state index contributed by atoms with van der Waals surface area (Å²) in [6.07, 6.45) is 1.31. The maximum atomic E-state index is 13.2. The number of rotatable bonds is 6. The summed E-state index contributed by atoms with van der Waals surface area (Å²) in [5, 5.41) is 12.6. The van der Waals surface area contributed by atoms with Crippen molar-refractivity contribution in [3.63, 3.8) is 0 Å². The Morgan fingerprint density at radius 1 is 0.844 bits per heavy atom. The van der Waals surface area contributed by atoms with Crippen molar-refractivity contribution >= 4 is 17.5 Å². The molecule has 4 rings (SSSR count). The number of piperidine rings is 1. The number of benzene rings is 3. The summed E-state index contributed by atoms with van der Waals surface area (Å²) in [6.45, 7) is 1.21. The summed E-state index contributed by atoms with van der Waals surface area (Å²) in [7, 11) is 0. The van der Waals surface area contributed by atoms with Crippen LogP contribution in [0.2, 0.25) is 0 Å². The molecule has 0 unspecified atom stereocenters. The van der Waals surface area contributed by atoms with Gasteiger partial charge in [-0.1, -0.05) is 72.8 Å². The Balaban J connectivity index is 1.42. The zero-order chi connectivity index (χ0) is 22.3. The van der Waals surface area contributed by atoms with Crippen LogP contribution in [0.3, 0.4) is 0 Å². The van der Waals surface area contributed by atoms with Gasteiger partial charge in [0.05, 0.1) is 18.4 Å². The van der Waals surface area contributed by atoms with E-state index in [0.29, 0.717) is 38.0 Å². The molecule has 1 saturated heterocycles. The van der Waals surface area contributed by atoms with Crippen molar-refractivity contribution in [3.8, 4) is 0 Å². The van der Waals surface area contributed by atoms with Crippen molar-refractivity contribution < 1.29 is 14.7 Å². The van der Waals surface area contributed by atoms with E-state index < -0.39 is 5.92 Å². The van der Waals surface area contributed by atoms with Crippen LogP contribution in [0, 0.1) is 0 Å². The fourth-order valence-corrected chi connectivity index (χ4v) is 4.11. The Bertz CT molecular complexity index is 988. The number of nitrogens with zero attached hydrogens (tertiary/aromatic N) is 1. The molecule has 0 aromatic heterocycles. The van der Waals surface area contributed by atoms with Gasteiger partial charge >= 0.3 is 0 Å². The van der Waals surface area contributed by atoms with Crippen LogP contribution in [0.15, 0.2) is 84.9 Å². The molecule has 1 heterocycles. The molecule has 3 aromatic rings. The smallest absolute Gasteiger partial charge is 0.236 e.